The molecule has 0 aromatic carbocycles. The topological polar surface area (TPSA) is 95.6 Å². The summed E-state index contributed by atoms with van der Waals surface area (Å²) >= 11 is 1.33. The van der Waals surface area contributed by atoms with Gasteiger partial charge in [-0.25, -0.2) is 4.79 Å². The Morgan fingerprint density at radius 3 is 2.52 bits per heavy atom. The molecule has 1 aromatic rings. The molecule has 118 valence electrons. The van der Waals surface area contributed by atoms with Crippen molar-refractivity contribution in [2.75, 3.05) is 23.7 Å². The highest BCUT2D eigenvalue weighted by Crippen LogP contribution is 2.41. The quantitative estimate of drug-likeness (QED) is 0.824. The molecular formula is C13H23N5O2S. The van der Waals surface area contributed by atoms with Crippen molar-refractivity contribution in [3.8, 4) is 0 Å². The molecule has 1 saturated heterocycles. The number of carboxylic acid groups (broad SMARTS) is 1. The lowest BCUT2D eigenvalue weighted by atomic mass is 9.71. The van der Waals surface area contributed by atoms with E-state index in [-0.39, 0.29) is 11.5 Å². The minimum Gasteiger partial charge on any atom is -0.465 e. The predicted octanol–water partition coefficient (Wildman–Crippen LogP) is 2.11. The highest BCUT2D eigenvalue weighted by Gasteiger charge is 2.51. The maximum absolute atomic E-state index is 11.7. The summed E-state index contributed by atoms with van der Waals surface area (Å²) in [5.41, 5.74) is 4.92. The minimum atomic E-state index is -0.878. The largest absolute Gasteiger partial charge is 0.465 e. The third-order valence-corrected chi connectivity index (χ3v) is 5.29. The third-order valence-electron chi connectivity index (χ3n) is 4.48. The first kappa shape index (κ1) is 15.8. The lowest BCUT2D eigenvalue weighted by molar-refractivity contribution is -0.0170. The maximum atomic E-state index is 11.7. The SMILES string of the molecule is C[C@@H]1CN(c2nnc(N)s2)C[C@](C)(C(C)(C)C)N1C(=O)O. The van der Waals surface area contributed by atoms with E-state index in [9.17, 15) is 9.90 Å². The Kier molecular flexibility index (Phi) is 3.77. The number of nitrogen functional groups attached to an aromatic ring is 1. The van der Waals surface area contributed by atoms with Crippen molar-refractivity contribution in [1.82, 2.24) is 15.1 Å². The maximum Gasteiger partial charge on any atom is 0.408 e. The Morgan fingerprint density at radius 2 is 2.10 bits per heavy atom. The zero-order valence-electron chi connectivity index (χ0n) is 13.1. The third kappa shape index (κ3) is 2.64. The molecule has 0 radical (unpaired) electrons. The van der Waals surface area contributed by atoms with Crippen molar-refractivity contribution in [2.45, 2.75) is 46.2 Å². The molecule has 0 unspecified atom stereocenters. The number of aromatic nitrogens is 2. The van der Waals surface area contributed by atoms with Gasteiger partial charge in [0.25, 0.3) is 0 Å². The van der Waals surface area contributed by atoms with Gasteiger partial charge in [0.05, 0.1) is 11.6 Å². The molecule has 0 aliphatic carbocycles. The van der Waals surface area contributed by atoms with Crippen LogP contribution in [0.25, 0.3) is 0 Å². The smallest absolute Gasteiger partial charge is 0.408 e. The average Bonchev–Trinajstić information content (AvgIpc) is 2.72. The summed E-state index contributed by atoms with van der Waals surface area (Å²) in [7, 11) is 0. The van der Waals surface area contributed by atoms with E-state index in [0.717, 1.165) is 5.13 Å². The van der Waals surface area contributed by atoms with Crippen molar-refractivity contribution in [3.63, 3.8) is 0 Å². The summed E-state index contributed by atoms with van der Waals surface area (Å²) in [5, 5.41) is 18.8. The number of piperazine rings is 1. The van der Waals surface area contributed by atoms with Crippen LogP contribution >= 0.6 is 11.3 Å². The van der Waals surface area contributed by atoms with Crippen molar-refractivity contribution < 1.29 is 9.90 Å². The molecule has 1 aliphatic heterocycles. The highest BCUT2D eigenvalue weighted by molar-refractivity contribution is 7.18. The number of anilines is 2. The molecule has 8 heteroatoms. The zero-order chi connectivity index (χ0) is 16.0. The predicted molar refractivity (Wildman–Crippen MR) is 83.7 cm³/mol. The molecule has 1 aliphatic rings. The van der Waals surface area contributed by atoms with Gasteiger partial charge in [0.1, 0.15) is 0 Å². The average molecular weight is 313 g/mol. The molecule has 0 spiro atoms. The van der Waals surface area contributed by atoms with Gasteiger partial charge >= 0.3 is 6.09 Å². The molecule has 0 bridgehead atoms. The Hall–Kier alpha value is -1.57. The van der Waals surface area contributed by atoms with Gasteiger partial charge in [-0.2, -0.15) is 0 Å². The first-order valence-corrected chi connectivity index (χ1v) is 7.74. The Balaban J connectivity index is 2.40. The fourth-order valence-electron chi connectivity index (χ4n) is 2.90. The Bertz CT molecular complexity index is 541. The number of carbonyl (C=O) groups is 1. The molecular weight excluding hydrogens is 290 g/mol. The second-order valence-electron chi connectivity index (χ2n) is 6.83. The van der Waals surface area contributed by atoms with Crippen LogP contribution < -0.4 is 10.6 Å². The van der Waals surface area contributed by atoms with Gasteiger partial charge in [0.15, 0.2) is 0 Å². The summed E-state index contributed by atoms with van der Waals surface area (Å²) in [5.74, 6) is 0. The number of hydrogen-bond donors (Lipinski definition) is 2. The molecule has 7 nitrogen and oxygen atoms in total. The molecule has 3 N–H and O–H groups in total. The fraction of sp³-hybridized carbons (Fsp3) is 0.769. The van der Waals surface area contributed by atoms with Crippen molar-refractivity contribution in [1.29, 1.82) is 0 Å². The number of rotatable bonds is 1. The van der Waals surface area contributed by atoms with Crippen LogP contribution in [0.4, 0.5) is 15.1 Å². The van der Waals surface area contributed by atoms with E-state index in [0.29, 0.717) is 18.2 Å². The molecule has 1 fully saturated rings. The summed E-state index contributed by atoms with van der Waals surface area (Å²) in [6.07, 6.45) is -0.878. The monoisotopic (exact) mass is 313 g/mol. The molecule has 2 heterocycles. The molecule has 0 saturated carbocycles. The lowest BCUT2D eigenvalue weighted by Gasteiger charge is -2.56. The normalized spacial score (nSPS) is 27.0. The first-order chi connectivity index (χ1) is 9.56. The molecule has 21 heavy (non-hydrogen) atoms. The number of hydrogen-bond acceptors (Lipinski definition) is 6. The summed E-state index contributed by atoms with van der Waals surface area (Å²) < 4.78 is 0. The van der Waals surface area contributed by atoms with E-state index in [2.05, 4.69) is 35.9 Å². The molecule has 1 aromatic heterocycles. The van der Waals surface area contributed by atoms with Gasteiger partial charge in [0, 0.05) is 13.1 Å². The van der Waals surface area contributed by atoms with Gasteiger partial charge in [0.2, 0.25) is 10.3 Å². The summed E-state index contributed by atoms with van der Waals surface area (Å²) in [4.78, 5) is 15.4. The number of nitrogens with zero attached hydrogens (tertiary/aromatic N) is 4. The van der Waals surface area contributed by atoms with Crippen molar-refractivity contribution in [3.05, 3.63) is 0 Å². The summed E-state index contributed by atoms with van der Waals surface area (Å²) in [6.45, 7) is 11.3. The van der Waals surface area contributed by atoms with E-state index in [4.69, 9.17) is 5.73 Å². The second kappa shape index (κ2) is 5.01. The summed E-state index contributed by atoms with van der Waals surface area (Å²) in [6, 6.07) is -0.134. The van der Waals surface area contributed by atoms with Gasteiger partial charge in [-0.1, -0.05) is 32.1 Å². The van der Waals surface area contributed by atoms with E-state index < -0.39 is 11.6 Å². The van der Waals surface area contributed by atoms with E-state index >= 15 is 0 Å². The van der Waals surface area contributed by atoms with Crippen LogP contribution in [0.2, 0.25) is 0 Å². The Morgan fingerprint density at radius 1 is 1.48 bits per heavy atom. The van der Waals surface area contributed by atoms with Gasteiger partial charge in [-0.3, -0.25) is 4.90 Å². The lowest BCUT2D eigenvalue weighted by Crippen LogP contribution is -2.70. The number of nitrogens with two attached hydrogens (primary N) is 1. The first-order valence-electron chi connectivity index (χ1n) is 6.92. The molecule has 2 atom stereocenters. The highest BCUT2D eigenvalue weighted by atomic mass is 32.1. The van der Waals surface area contributed by atoms with E-state index in [1.54, 1.807) is 4.90 Å². The van der Waals surface area contributed by atoms with Crippen molar-refractivity contribution >= 4 is 27.7 Å². The molecule has 1 amide bonds. The van der Waals surface area contributed by atoms with Crippen LogP contribution in [-0.4, -0.2) is 51.0 Å². The minimum absolute atomic E-state index is 0.134. The van der Waals surface area contributed by atoms with Gasteiger partial charge in [-0.05, 0) is 19.3 Å². The van der Waals surface area contributed by atoms with Crippen LogP contribution in [0.15, 0.2) is 0 Å². The van der Waals surface area contributed by atoms with Crippen LogP contribution in [-0.2, 0) is 0 Å². The number of amides is 1. The zero-order valence-corrected chi connectivity index (χ0v) is 13.9. The van der Waals surface area contributed by atoms with Gasteiger partial charge < -0.3 is 15.7 Å². The fourth-order valence-corrected chi connectivity index (χ4v) is 3.52. The Labute approximate surface area is 128 Å². The van der Waals surface area contributed by atoms with Crippen LogP contribution in [0.3, 0.4) is 0 Å². The second-order valence-corrected chi connectivity index (χ2v) is 7.82. The van der Waals surface area contributed by atoms with E-state index in [1.807, 2.05) is 13.8 Å². The van der Waals surface area contributed by atoms with Crippen LogP contribution in [0.5, 0.6) is 0 Å². The van der Waals surface area contributed by atoms with E-state index in [1.165, 1.54) is 11.3 Å². The van der Waals surface area contributed by atoms with Crippen LogP contribution in [0, 0.1) is 5.41 Å². The van der Waals surface area contributed by atoms with Crippen molar-refractivity contribution in [2.24, 2.45) is 5.41 Å². The standard InChI is InChI=1S/C13H23N5O2S/c1-8-6-17(10-16-15-9(14)21-10)7-13(5,12(2,3)4)18(8)11(19)20/h8H,6-7H2,1-5H3,(H2,14,15)(H,19,20)/t8-,13-/m1/s1. The van der Waals surface area contributed by atoms with Gasteiger partial charge in [-0.15, -0.1) is 10.2 Å². The molecule has 2 rings (SSSR count). The van der Waals surface area contributed by atoms with Crippen LogP contribution in [0.1, 0.15) is 34.6 Å².